The number of aliphatic hydroxyl groups excluding tert-OH is 1. The maximum atomic E-state index is 12.7. The van der Waals surface area contributed by atoms with Crippen LogP contribution in [0.3, 0.4) is 0 Å². The van der Waals surface area contributed by atoms with E-state index in [0.717, 1.165) is 5.57 Å². The molecule has 0 amide bonds. The largest absolute Gasteiger partial charge is 0.462 e. The zero-order valence-electron chi connectivity index (χ0n) is 21.2. The molecule has 0 saturated carbocycles. The van der Waals surface area contributed by atoms with Crippen LogP contribution in [0.4, 0.5) is 0 Å². The first-order valence-corrected chi connectivity index (χ1v) is 12.3. The first kappa shape index (κ1) is 25.9. The van der Waals surface area contributed by atoms with Crippen LogP contribution in [0.15, 0.2) is 23.8 Å². The smallest absolute Gasteiger partial charge is 0.342 e. The van der Waals surface area contributed by atoms with Gasteiger partial charge in [0.2, 0.25) is 0 Å². The Labute approximate surface area is 205 Å². The molecule has 0 unspecified atom stereocenters. The number of rotatable bonds is 4. The van der Waals surface area contributed by atoms with E-state index >= 15 is 0 Å². The van der Waals surface area contributed by atoms with Crippen molar-refractivity contribution in [3.8, 4) is 0 Å². The van der Waals surface area contributed by atoms with E-state index in [-0.39, 0.29) is 6.42 Å². The van der Waals surface area contributed by atoms with E-state index in [1.807, 2.05) is 13.8 Å². The molecule has 2 aliphatic heterocycles. The van der Waals surface area contributed by atoms with Gasteiger partial charge in [-0.25, -0.2) is 4.79 Å². The average molecular weight is 493 g/mol. The minimum atomic E-state index is -1.62. The first-order chi connectivity index (χ1) is 16.2. The number of ether oxygens (including phenoxy) is 4. The van der Waals surface area contributed by atoms with Crippen molar-refractivity contribution in [1.29, 1.82) is 0 Å². The Morgan fingerprint density at radius 1 is 1.23 bits per heavy atom. The highest BCUT2D eigenvalue weighted by atomic mass is 16.7. The third kappa shape index (κ3) is 3.74. The molecule has 2 aliphatic carbocycles. The molecule has 2 N–H and O–H groups in total. The Bertz CT molecular complexity index is 983. The third-order valence-corrected chi connectivity index (χ3v) is 8.35. The van der Waals surface area contributed by atoms with Crippen LogP contribution in [0.2, 0.25) is 0 Å². The number of hydrogen-bond donors (Lipinski definition) is 2. The molecule has 0 radical (unpaired) electrons. The fourth-order valence-corrected chi connectivity index (χ4v) is 6.48. The van der Waals surface area contributed by atoms with E-state index in [1.54, 1.807) is 32.9 Å². The predicted octanol–water partition coefficient (Wildman–Crippen LogP) is 2.13. The molecule has 0 aromatic carbocycles. The highest BCUT2D eigenvalue weighted by Gasteiger charge is 2.86. The van der Waals surface area contributed by atoms with Crippen LogP contribution in [-0.4, -0.2) is 69.3 Å². The molecule has 0 aromatic heterocycles. The van der Waals surface area contributed by atoms with Gasteiger partial charge in [-0.1, -0.05) is 25.5 Å². The Morgan fingerprint density at radius 3 is 2.51 bits per heavy atom. The molecule has 9 atom stereocenters. The Balaban J connectivity index is 1.91. The van der Waals surface area contributed by atoms with Crippen molar-refractivity contribution in [3.05, 3.63) is 23.8 Å². The highest BCUT2D eigenvalue weighted by Crippen LogP contribution is 2.64. The maximum Gasteiger partial charge on any atom is 0.342 e. The molecule has 194 valence electrons. The van der Waals surface area contributed by atoms with Crippen LogP contribution in [0.5, 0.6) is 0 Å². The van der Waals surface area contributed by atoms with Gasteiger partial charge >= 0.3 is 17.9 Å². The zero-order valence-corrected chi connectivity index (χ0v) is 21.2. The van der Waals surface area contributed by atoms with Crippen molar-refractivity contribution in [1.82, 2.24) is 0 Å². The number of allylic oxidation sites excluding steroid dienone is 1. The van der Waals surface area contributed by atoms with Crippen molar-refractivity contribution in [2.45, 2.75) is 108 Å². The van der Waals surface area contributed by atoms with Gasteiger partial charge in [-0.2, -0.15) is 0 Å². The second-order valence-electron chi connectivity index (χ2n) is 10.9. The van der Waals surface area contributed by atoms with E-state index in [9.17, 15) is 24.6 Å². The van der Waals surface area contributed by atoms with Gasteiger partial charge in [-0.15, -0.1) is 0 Å². The Morgan fingerprint density at radius 2 is 1.91 bits per heavy atom. The van der Waals surface area contributed by atoms with Crippen LogP contribution in [0.1, 0.15) is 67.2 Å². The lowest BCUT2D eigenvalue weighted by atomic mass is 9.54. The van der Waals surface area contributed by atoms with E-state index < -0.39 is 70.5 Å². The molecule has 1 spiro atoms. The average Bonchev–Trinajstić information content (AvgIpc) is 3.34. The highest BCUT2D eigenvalue weighted by molar-refractivity contribution is 5.89. The molecule has 9 nitrogen and oxygen atoms in total. The second kappa shape index (κ2) is 8.42. The summed E-state index contributed by atoms with van der Waals surface area (Å²) in [5.41, 5.74) is -4.84. The minimum Gasteiger partial charge on any atom is -0.462 e. The van der Waals surface area contributed by atoms with E-state index in [1.165, 1.54) is 13.0 Å². The summed E-state index contributed by atoms with van der Waals surface area (Å²) in [6, 6.07) is 0. The molecule has 2 heterocycles. The summed E-state index contributed by atoms with van der Waals surface area (Å²) in [6.45, 7) is 9.88. The quantitative estimate of drug-likeness (QED) is 0.262. The van der Waals surface area contributed by atoms with E-state index in [2.05, 4.69) is 0 Å². The van der Waals surface area contributed by atoms with Gasteiger partial charge in [0.05, 0.1) is 17.1 Å². The van der Waals surface area contributed by atoms with Gasteiger partial charge in [-0.3, -0.25) is 9.59 Å². The van der Waals surface area contributed by atoms with Crippen molar-refractivity contribution in [2.75, 3.05) is 0 Å². The molecule has 0 aromatic rings. The normalized spacial score (nSPS) is 47.8. The summed E-state index contributed by atoms with van der Waals surface area (Å²) in [4.78, 5) is 37.5. The molecule has 35 heavy (non-hydrogen) atoms. The Kier molecular flexibility index (Phi) is 6.22. The van der Waals surface area contributed by atoms with Gasteiger partial charge in [0, 0.05) is 19.3 Å². The van der Waals surface area contributed by atoms with Crippen LogP contribution in [0.25, 0.3) is 0 Å². The number of carbonyl (C=O) groups excluding carboxylic acids is 3. The molecule has 9 heteroatoms. The maximum absolute atomic E-state index is 12.7. The summed E-state index contributed by atoms with van der Waals surface area (Å²) in [7, 11) is 0. The third-order valence-electron chi connectivity index (χ3n) is 8.35. The first-order valence-electron chi connectivity index (χ1n) is 12.3. The molecular formula is C26H36O9. The van der Waals surface area contributed by atoms with Crippen LogP contribution in [-0.2, 0) is 33.3 Å². The van der Waals surface area contributed by atoms with Crippen molar-refractivity contribution >= 4 is 17.9 Å². The molecular weight excluding hydrogens is 456 g/mol. The number of esters is 3. The fraction of sp³-hybridized carbons (Fsp3) is 0.731. The topological polar surface area (TPSA) is 132 Å². The summed E-state index contributed by atoms with van der Waals surface area (Å²) in [5.74, 6) is -2.59. The molecule has 2 saturated heterocycles. The molecule has 4 rings (SSSR count). The van der Waals surface area contributed by atoms with Crippen molar-refractivity contribution < 1.29 is 43.5 Å². The summed E-state index contributed by atoms with van der Waals surface area (Å²) in [5, 5.41) is 23.6. The van der Waals surface area contributed by atoms with Gasteiger partial charge < -0.3 is 29.2 Å². The zero-order chi connectivity index (χ0) is 26.0. The van der Waals surface area contributed by atoms with Crippen LogP contribution < -0.4 is 0 Å². The van der Waals surface area contributed by atoms with Gasteiger partial charge in [-0.05, 0) is 52.2 Å². The molecule has 2 fully saturated rings. The fourth-order valence-electron chi connectivity index (χ4n) is 6.48. The van der Waals surface area contributed by atoms with Gasteiger partial charge in [0.1, 0.15) is 12.2 Å². The molecule has 4 aliphatic rings. The lowest BCUT2D eigenvalue weighted by molar-refractivity contribution is -0.213. The summed E-state index contributed by atoms with van der Waals surface area (Å²) >= 11 is 0. The monoisotopic (exact) mass is 492 g/mol. The number of aliphatic hydroxyl groups is 2. The summed E-state index contributed by atoms with van der Waals surface area (Å²) in [6.07, 6.45) is 2.45. The standard InChI is InChI=1S/C26H36O9/c1-7-8-19(28)33-16-10-9-14(2)13-18-26(25(6,35-26)22(30)34-18)21(29)20-23(4,31)12-11-17(24(16,20)5)32-15(3)27/h11-13,16-18,20-21,29,31H,7-10H2,1-6H3/b14-13-/t16-,17-,18-,20-,21-,23+,24-,25-,26-/m0/s1. The van der Waals surface area contributed by atoms with Crippen molar-refractivity contribution in [2.24, 2.45) is 11.3 Å². The minimum absolute atomic E-state index is 0.203. The SMILES string of the molecule is CCCC(=O)O[C@H]1CC/C(C)=C\[C@@H]2OC(=O)[C@]3(C)O[C@]23[C@@H](O)[C@@H]2[C@]1(C)[C@@H](OC(C)=O)C=C[C@@]2(C)O. The lowest BCUT2D eigenvalue weighted by Crippen LogP contribution is -2.66. The van der Waals surface area contributed by atoms with Crippen LogP contribution >= 0.6 is 0 Å². The number of hydrogen-bond acceptors (Lipinski definition) is 9. The van der Waals surface area contributed by atoms with E-state index in [0.29, 0.717) is 19.3 Å². The number of epoxide rings is 1. The van der Waals surface area contributed by atoms with Gasteiger partial charge in [0.15, 0.2) is 17.3 Å². The Hall–Kier alpha value is -2.23. The van der Waals surface area contributed by atoms with Crippen LogP contribution in [0, 0.1) is 11.3 Å². The lowest BCUT2D eigenvalue weighted by Gasteiger charge is -2.55. The second-order valence-corrected chi connectivity index (χ2v) is 10.9. The summed E-state index contributed by atoms with van der Waals surface area (Å²) < 4.78 is 23.3. The number of fused-ring (bicyclic) bond motifs is 1. The van der Waals surface area contributed by atoms with E-state index in [4.69, 9.17) is 18.9 Å². The van der Waals surface area contributed by atoms with Gasteiger partial charge in [0.25, 0.3) is 0 Å². The number of carbonyl (C=O) groups is 3. The predicted molar refractivity (Wildman–Crippen MR) is 123 cm³/mol. The molecule has 0 bridgehead atoms. The van der Waals surface area contributed by atoms with Crippen molar-refractivity contribution in [3.63, 3.8) is 0 Å².